The quantitative estimate of drug-likeness (QED) is 0.715. The van der Waals surface area contributed by atoms with Gasteiger partial charge in [-0.3, -0.25) is 9.78 Å². The second-order valence-corrected chi connectivity index (χ2v) is 6.38. The van der Waals surface area contributed by atoms with E-state index in [9.17, 15) is 4.79 Å². The number of nitrogen functional groups attached to an aromatic ring is 1. The highest BCUT2D eigenvalue weighted by molar-refractivity contribution is 5.98. The first kappa shape index (κ1) is 15.5. The van der Waals surface area contributed by atoms with Gasteiger partial charge >= 0.3 is 0 Å². The van der Waals surface area contributed by atoms with Gasteiger partial charge in [0.1, 0.15) is 5.52 Å². The highest BCUT2D eigenvalue weighted by Gasteiger charge is 2.29. The third-order valence-electron chi connectivity index (χ3n) is 4.52. The van der Waals surface area contributed by atoms with Crippen LogP contribution < -0.4 is 11.1 Å². The average molecular weight is 333 g/mol. The maximum atomic E-state index is 11.9. The topological polar surface area (TPSA) is 93.8 Å². The summed E-state index contributed by atoms with van der Waals surface area (Å²) in [4.78, 5) is 16.2. The summed E-state index contributed by atoms with van der Waals surface area (Å²) in [5.74, 6) is 0.595. The molecule has 2 heterocycles. The van der Waals surface area contributed by atoms with Gasteiger partial charge in [0.15, 0.2) is 5.82 Å². The van der Waals surface area contributed by atoms with Crippen LogP contribution in [0.15, 0.2) is 36.7 Å². The minimum Gasteiger partial charge on any atom is -0.397 e. The SMILES string of the molecule is CCc1ccncc1-c1cc(N)c2nnc(NC(=O)C3CC3)cc2c1. The van der Waals surface area contributed by atoms with Gasteiger partial charge in [-0.15, -0.1) is 10.2 Å². The molecule has 6 nitrogen and oxygen atoms in total. The Balaban J connectivity index is 1.77. The maximum Gasteiger partial charge on any atom is 0.228 e. The Morgan fingerprint density at radius 2 is 2.12 bits per heavy atom. The van der Waals surface area contributed by atoms with E-state index in [4.69, 9.17) is 5.73 Å². The molecule has 1 fully saturated rings. The standard InChI is InChI=1S/C19H19N5O/c1-2-11-5-6-21-10-15(11)13-7-14-9-17(22-19(25)12-3-4-12)23-24-18(14)16(20)8-13/h5-10,12H,2-4,20H2,1H3,(H,22,23,25). The predicted octanol–water partition coefficient (Wildman–Crippen LogP) is 3.18. The summed E-state index contributed by atoms with van der Waals surface area (Å²) in [5.41, 5.74) is 10.6. The van der Waals surface area contributed by atoms with Crippen molar-refractivity contribution in [1.29, 1.82) is 0 Å². The minimum atomic E-state index is 0.0123. The van der Waals surface area contributed by atoms with Gasteiger partial charge < -0.3 is 11.1 Å². The lowest BCUT2D eigenvalue weighted by atomic mass is 9.98. The molecule has 126 valence electrons. The van der Waals surface area contributed by atoms with Crippen molar-refractivity contribution in [3.8, 4) is 11.1 Å². The molecule has 0 atom stereocenters. The van der Waals surface area contributed by atoms with E-state index in [0.29, 0.717) is 17.0 Å². The van der Waals surface area contributed by atoms with E-state index >= 15 is 0 Å². The number of nitrogens with one attached hydrogen (secondary N) is 1. The van der Waals surface area contributed by atoms with Crippen LogP contribution in [0.3, 0.4) is 0 Å². The molecule has 1 aromatic carbocycles. The van der Waals surface area contributed by atoms with Gasteiger partial charge in [-0.05, 0) is 54.7 Å². The summed E-state index contributed by atoms with van der Waals surface area (Å²) in [7, 11) is 0. The van der Waals surface area contributed by atoms with Crippen molar-refractivity contribution in [2.75, 3.05) is 11.1 Å². The van der Waals surface area contributed by atoms with Gasteiger partial charge in [-0.2, -0.15) is 0 Å². The Morgan fingerprint density at radius 1 is 1.28 bits per heavy atom. The molecule has 1 amide bonds. The molecule has 0 unspecified atom stereocenters. The number of aryl methyl sites for hydroxylation is 1. The number of aromatic nitrogens is 3. The molecule has 1 aliphatic rings. The molecule has 1 saturated carbocycles. The normalized spacial score (nSPS) is 13.8. The Kier molecular flexibility index (Phi) is 3.80. The van der Waals surface area contributed by atoms with Gasteiger partial charge in [0.05, 0.1) is 5.69 Å². The fraction of sp³-hybridized carbons (Fsp3) is 0.263. The molecule has 3 aromatic rings. The number of hydrogen-bond donors (Lipinski definition) is 2. The Hall–Kier alpha value is -3.02. The van der Waals surface area contributed by atoms with Crippen LogP contribution in [0.4, 0.5) is 11.5 Å². The van der Waals surface area contributed by atoms with Gasteiger partial charge in [-0.25, -0.2) is 0 Å². The number of rotatable bonds is 4. The molecule has 2 aromatic heterocycles. The first-order valence-electron chi connectivity index (χ1n) is 8.46. The maximum absolute atomic E-state index is 11.9. The third kappa shape index (κ3) is 3.03. The number of carbonyl (C=O) groups is 1. The zero-order valence-electron chi connectivity index (χ0n) is 14.0. The summed E-state index contributed by atoms with van der Waals surface area (Å²) in [5, 5.41) is 11.9. The molecule has 1 aliphatic carbocycles. The number of pyridine rings is 1. The molecule has 0 aliphatic heterocycles. The van der Waals surface area contributed by atoms with Crippen LogP contribution >= 0.6 is 0 Å². The van der Waals surface area contributed by atoms with Crippen LogP contribution in [0.1, 0.15) is 25.3 Å². The van der Waals surface area contributed by atoms with Crippen LogP contribution in [-0.4, -0.2) is 21.1 Å². The Labute approximate surface area is 145 Å². The molecule has 0 bridgehead atoms. The van der Waals surface area contributed by atoms with E-state index < -0.39 is 0 Å². The smallest absolute Gasteiger partial charge is 0.228 e. The summed E-state index contributed by atoms with van der Waals surface area (Å²) in [6, 6.07) is 7.76. The monoisotopic (exact) mass is 333 g/mol. The Morgan fingerprint density at radius 3 is 2.88 bits per heavy atom. The minimum absolute atomic E-state index is 0.0123. The fourth-order valence-electron chi connectivity index (χ4n) is 2.97. The number of carbonyl (C=O) groups excluding carboxylic acids is 1. The lowest BCUT2D eigenvalue weighted by Gasteiger charge is -2.11. The number of fused-ring (bicyclic) bond motifs is 1. The highest BCUT2D eigenvalue weighted by atomic mass is 16.2. The molecule has 3 N–H and O–H groups in total. The summed E-state index contributed by atoms with van der Waals surface area (Å²) in [6.45, 7) is 2.11. The van der Waals surface area contributed by atoms with Crippen molar-refractivity contribution in [3.05, 3.63) is 42.2 Å². The van der Waals surface area contributed by atoms with E-state index in [1.54, 1.807) is 6.20 Å². The zero-order valence-corrected chi connectivity index (χ0v) is 14.0. The predicted molar refractivity (Wildman–Crippen MR) is 97.9 cm³/mol. The number of benzene rings is 1. The third-order valence-corrected chi connectivity index (χ3v) is 4.52. The van der Waals surface area contributed by atoms with Gasteiger partial charge in [0.2, 0.25) is 5.91 Å². The molecule has 0 saturated heterocycles. The van der Waals surface area contributed by atoms with Crippen molar-refractivity contribution in [2.45, 2.75) is 26.2 Å². The van der Waals surface area contributed by atoms with Gasteiger partial charge in [0, 0.05) is 29.3 Å². The van der Waals surface area contributed by atoms with Gasteiger partial charge in [0.25, 0.3) is 0 Å². The zero-order chi connectivity index (χ0) is 17.4. The van der Waals surface area contributed by atoms with Crippen LogP contribution in [0, 0.1) is 5.92 Å². The van der Waals surface area contributed by atoms with Crippen molar-refractivity contribution in [2.24, 2.45) is 5.92 Å². The largest absolute Gasteiger partial charge is 0.397 e. The molecule has 0 spiro atoms. The summed E-state index contributed by atoms with van der Waals surface area (Å²) in [6.07, 6.45) is 6.45. The van der Waals surface area contributed by atoms with E-state index in [2.05, 4.69) is 27.4 Å². The number of nitrogens with two attached hydrogens (primary N) is 1. The van der Waals surface area contributed by atoms with Crippen LogP contribution in [0.25, 0.3) is 22.0 Å². The lowest BCUT2D eigenvalue weighted by Crippen LogP contribution is -2.14. The second kappa shape index (κ2) is 6.12. The first-order chi connectivity index (χ1) is 12.2. The molecule has 6 heteroatoms. The average Bonchev–Trinajstić information content (AvgIpc) is 3.46. The summed E-state index contributed by atoms with van der Waals surface area (Å²) < 4.78 is 0. The van der Waals surface area contributed by atoms with E-state index in [0.717, 1.165) is 35.8 Å². The van der Waals surface area contributed by atoms with Crippen molar-refractivity contribution in [3.63, 3.8) is 0 Å². The van der Waals surface area contributed by atoms with E-state index in [1.165, 1.54) is 5.56 Å². The van der Waals surface area contributed by atoms with E-state index in [1.807, 2.05) is 30.5 Å². The number of hydrogen-bond acceptors (Lipinski definition) is 5. The van der Waals surface area contributed by atoms with Crippen LogP contribution in [0.5, 0.6) is 0 Å². The number of amides is 1. The van der Waals surface area contributed by atoms with Crippen molar-refractivity contribution < 1.29 is 4.79 Å². The molecule has 0 radical (unpaired) electrons. The second-order valence-electron chi connectivity index (χ2n) is 6.38. The van der Waals surface area contributed by atoms with E-state index in [-0.39, 0.29) is 11.8 Å². The Bertz CT molecular complexity index is 965. The summed E-state index contributed by atoms with van der Waals surface area (Å²) >= 11 is 0. The lowest BCUT2D eigenvalue weighted by molar-refractivity contribution is -0.117. The van der Waals surface area contributed by atoms with Gasteiger partial charge in [-0.1, -0.05) is 6.92 Å². The highest BCUT2D eigenvalue weighted by Crippen LogP contribution is 2.32. The number of nitrogens with zero attached hydrogens (tertiary/aromatic N) is 3. The molecular weight excluding hydrogens is 314 g/mol. The van der Waals surface area contributed by atoms with Crippen molar-refractivity contribution >= 4 is 28.3 Å². The molecular formula is C19H19N5O. The first-order valence-corrected chi connectivity index (χ1v) is 8.46. The van der Waals surface area contributed by atoms with Crippen molar-refractivity contribution in [1.82, 2.24) is 15.2 Å². The fourth-order valence-corrected chi connectivity index (χ4v) is 2.97. The van der Waals surface area contributed by atoms with Crippen LogP contribution in [-0.2, 0) is 11.2 Å². The molecule has 25 heavy (non-hydrogen) atoms. The molecule has 4 rings (SSSR count). The van der Waals surface area contributed by atoms with Crippen LogP contribution in [0.2, 0.25) is 0 Å². The number of anilines is 2.